The van der Waals surface area contributed by atoms with E-state index in [0.29, 0.717) is 13.2 Å². The lowest BCUT2D eigenvalue weighted by molar-refractivity contribution is 0.107. The van der Waals surface area contributed by atoms with Crippen molar-refractivity contribution in [2.75, 3.05) is 7.05 Å². The molecule has 0 fully saturated rings. The van der Waals surface area contributed by atoms with Gasteiger partial charge in [-0.05, 0) is 43.3 Å². The van der Waals surface area contributed by atoms with E-state index < -0.39 is 0 Å². The smallest absolute Gasteiger partial charge is 0.0732 e. The zero-order chi connectivity index (χ0) is 13.7. The van der Waals surface area contributed by atoms with Crippen LogP contribution < -0.4 is 5.32 Å². The van der Waals surface area contributed by atoms with Crippen LogP contribution in [0.15, 0.2) is 30.3 Å². The predicted molar refractivity (Wildman–Crippen MR) is 81.8 cm³/mol. The number of halogens is 1. The molecule has 102 valence electrons. The summed E-state index contributed by atoms with van der Waals surface area (Å²) < 4.78 is 5.76. The van der Waals surface area contributed by atoms with Gasteiger partial charge < -0.3 is 10.1 Å². The minimum absolute atomic E-state index is 0.619. The molecule has 0 bridgehead atoms. The van der Waals surface area contributed by atoms with Gasteiger partial charge in [-0.3, -0.25) is 0 Å². The Morgan fingerprint density at radius 2 is 1.95 bits per heavy atom. The first kappa shape index (κ1) is 14.5. The molecule has 1 heterocycles. The molecule has 1 aromatic carbocycles. The fourth-order valence-electron chi connectivity index (χ4n) is 1.85. The summed E-state index contributed by atoms with van der Waals surface area (Å²) in [5.74, 6) is 0. The first-order chi connectivity index (χ1) is 9.19. The van der Waals surface area contributed by atoms with Gasteiger partial charge in [-0.15, -0.1) is 11.3 Å². The normalized spacial score (nSPS) is 10.9. The van der Waals surface area contributed by atoms with E-state index in [9.17, 15) is 0 Å². The monoisotopic (exact) mass is 295 g/mol. The summed E-state index contributed by atoms with van der Waals surface area (Å²) in [6.07, 6.45) is 0. The first-order valence-electron chi connectivity index (χ1n) is 6.24. The van der Waals surface area contributed by atoms with Crippen LogP contribution in [-0.4, -0.2) is 7.05 Å². The van der Waals surface area contributed by atoms with Gasteiger partial charge in [0.2, 0.25) is 0 Å². The van der Waals surface area contributed by atoms with E-state index in [1.807, 2.05) is 42.6 Å². The number of benzene rings is 1. The van der Waals surface area contributed by atoms with Gasteiger partial charge in [0.15, 0.2) is 0 Å². The molecule has 2 aromatic rings. The van der Waals surface area contributed by atoms with Crippen molar-refractivity contribution >= 4 is 22.9 Å². The van der Waals surface area contributed by atoms with Crippen LogP contribution in [0.2, 0.25) is 5.02 Å². The third-order valence-electron chi connectivity index (χ3n) is 2.86. The molecule has 0 saturated heterocycles. The molecule has 0 atom stereocenters. The number of aryl methyl sites for hydroxylation is 1. The fraction of sp³-hybridized carbons (Fsp3) is 0.333. The van der Waals surface area contributed by atoms with Crippen molar-refractivity contribution in [3.63, 3.8) is 0 Å². The summed E-state index contributed by atoms with van der Waals surface area (Å²) in [7, 11) is 1.96. The maximum Gasteiger partial charge on any atom is 0.0732 e. The van der Waals surface area contributed by atoms with Crippen molar-refractivity contribution in [1.82, 2.24) is 5.32 Å². The standard InChI is InChI=1S/C15H18ClNOS/c1-11-13(7-15(19-11)8-17-2)10-18-9-12-3-5-14(16)6-4-12/h3-7,17H,8-10H2,1-2H3. The van der Waals surface area contributed by atoms with Gasteiger partial charge in [0.05, 0.1) is 13.2 Å². The highest BCUT2D eigenvalue weighted by Crippen LogP contribution is 2.22. The summed E-state index contributed by atoms with van der Waals surface area (Å²) in [6, 6.07) is 9.99. The summed E-state index contributed by atoms with van der Waals surface area (Å²) in [5, 5.41) is 3.93. The number of hydrogen-bond acceptors (Lipinski definition) is 3. The average Bonchev–Trinajstić information content (AvgIpc) is 2.73. The number of thiophene rings is 1. The molecule has 0 unspecified atom stereocenters. The van der Waals surface area contributed by atoms with Crippen molar-refractivity contribution in [1.29, 1.82) is 0 Å². The lowest BCUT2D eigenvalue weighted by Gasteiger charge is -2.04. The SMILES string of the molecule is CNCc1cc(COCc2ccc(Cl)cc2)c(C)s1. The molecule has 0 saturated carbocycles. The van der Waals surface area contributed by atoms with E-state index in [0.717, 1.165) is 17.1 Å². The van der Waals surface area contributed by atoms with Gasteiger partial charge in [0.25, 0.3) is 0 Å². The number of hydrogen-bond donors (Lipinski definition) is 1. The Balaban J connectivity index is 1.86. The average molecular weight is 296 g/mol. The molecule has 2 rings (SSSR count). The minimum Gasteiger partial charge on any atom is -0.372 e. The number of ether oxygens (including phenoxy) is 1. The highest BCUT2D eigenvalue weighted by molar-refractivity contribution is 7.12. The van der Waals surface area contributed by atoms with E-state index >= 15 is 0 Å². The minimum atomic E-state index is 0.619. The van der Waals surface area contributed by atoms with Gasteiger partial charge >= 0.3 is 0 Å². The lowest BCUT2D eigenvalue weighted by atomic mass is 10.2. The lowest BCUT2D eigenvalue weighted by Crippen LogP contribution is -2.02. The second-order valence-electron chi connectivity index (χ2n) is 4.44. The van der Waals surface area contributed by atoms with Crippen LogP contribution in [0.4, 0.5) is 0 Å². The fourth-order valence-corrected chi connectivity index (χ4v) is 3.04. The Bertz CT molecular complexity index is 521. The zero-order valence-electron chi connectivity index (χ0n) is 11.2. The van der Waals surface area contributed by atoms with E-state index in [-0.39, 0.29) is 0 Å². The van der Waals surface area contributed by atoms with Gasteiger partial charge in [-0.1, -0.05) is 23.7 Å². The van der Waals surface area contributed by atoms with Crippen LogP contribution in [0, 0.1) is 6.92 Å². The van der Waals surface area contributed by atoms with Crippen LogP contribution >= 0.6 is 22.9 Å². The molecule has 0 aliphatic heterocycles. The van der Waals surface area contributed by atoms with E-state index in [2.05, 4.69) is 18.3 Å². The van der Waals surface area contributed by atoms with Crippen molar-refractivity contribution in [2.45, 2.75) is 26.7 Å². The summed E-state index contributed by atoms with van der Waals surface area (Å²) in [6.45, 7) is 4.34. The Morgan fingerprint density at radius 3 is 2.63 bits per heavy atom. The molecule has 4 heteroatoms. The Hall–Kier alpha value is -0.870. The van der Waals surface area contributed by atoms with Crippen LogP contribution in [-0.2, 0) is 24.5 Å². The quantitative estimate of drug-likeness (QED) is 0.864. The molecule has 0 amide bonds. The summed E-state index contributed by atoms with van der Waals surface area (Å²) in [5.41, 5.74) is 2.43. The highest BCUT2D eigenvalue weighted by atomic mass is 35.5. The molecule has 0 aliphatic carbocycles. The molecule has 0 radical (unpaired) electrons. The maximum absolute atomic E-state index is 5.85. The van der Waals surface area contributed by atoms with Crippen LogP contribution in [0.5, 0.6) is 0 Å². The van der Waals surface area contributed by atoms with Crippen LogP contribution in [0.3, 0.4) is 0 Å². The molecule has 0 spiro atoms. The van der Waals surface area contributed by atoms with E-state index in [1.54, 1.807) is 0 Å². The predicted octanol–water partition coefficient (Wildman–Crippen LogP) is 4.15. The van der Waals surface area contributed by atoms with E-state index in [1.165, 1.54) is 15.3 Å². The zero-order valence-corrected chi connectivity index (χ0v) is 12.8. The van der Waals surface area contributed by atoms with Gasteiger partial charge in [0.1, 0.15) is 0 Å². The summed E-state index contributed by atoms with van der Waals surface area (Å²) >= 11 is 7.68. The van der Waals surface area contributed by atoms with Crippen molar-refractivity contribution in [2.24, 2.45) is 0 Å². The maximum atomic E-state index is 5.85. The molecule has 19 heavy (non-hydrogen) atoms. The first-order valence-corrected chi connectivity index (χ1v) is 7.43. The third-order valence-corrected chi connectivity index (χ3v) is 4.21. The van der Waals surface area contributed by atoms with Gasteiger partial charge in [-0.2, -0.15) is 0 Å². The molecular formula is C15H18ClNOS. The second-order valence-corrected chi connectivity index (χ2v) is 6.22. The summed E-state index contributed by atoms with van der Waals surface area (Å²) in [4.78, 5) is 2.69. The molecule has 2 nitrogen and oxygen atoms in total. The molecule has 0 aliphatic rings. The Morgan fingerprint density at radius 1 is 1.21 bits per heavy atom. The molecule has 1 N–H and O–H groups in total. The third kappa shape index (κ3) is 4.32. The van der Waals surface area contributed by atoms with Crippen LogP contribution in [0.25, 0.3) is 0 Å². The topological polar surface area (TPSA) is 21.3 Å². The Kier molecular flexibility index (Phi) is 5.40. The molecule has 1 aromatic heterocycles. The van der Waals surface area contributed by atoms with Crippen molar-refractivity contribution < 1.29 is 4.74 Å². The number of rotatable bonds is 6. The largest absolute Gasteiger partial charge is 0.372 e. The van der Waals surface area contributed by atoms with Crippen LogP contribution in [0.1, 0.15) is 20.9 Å². The second kappa shape index (κ2) is 7.06. The molecular weight excluding hydrogens is 278 g/mol. The van der Waals surface area contributed by atoms with Crippen molar-refractivity contribution in [3.8, 4) is 0 Å². The Labute approximate surface area is 123 Å². The van der Waals surface area contributed by atoms with E-state index in [4.69, 9.17) is 16.3 Å². The van der Waals surface area contributed by atoms with Gasteiger partial charge in [-0.25, -0.2) is 0 Å². The number of nitrogens with one attached hydrogen (secondary N) is 1. The van der Waals surface area contributed by atoms with Gasteiger partial charge in [0, 0.05) is 21.3 Å². The highest BCUT2D eigenvalue weighted by Gasteiger charge is 2.05. The van der Waals surface area contributed by atoms with Crippen molar-refractivity contribution in [3.05, 3.63) is 56.2 Å².